The number of likely N-dealkylation sites (tertiary alicyclic amines) is 1. The molecule has 0 saturated carbocycles. The summed E-state index contributed by atoms with van der Waals surface area (Å²) in [4.78, 5) is 26.9. The highest BCUT2D eigenvalue weighted by Crippen LogP contribution is 2.18. The van der Waals surface area contributed by atoms with E-state index in [0.29, 0.717) is 18.8 Å². The van der Waals surface area contributed by atoms with Gasteiger partial charge in [0.15, 0.2) is 0 Å². The van der Waals surface area contributed by atoms with E-state index in [9.17, 15) is 14.0 Å². The van der Waals surface area contributed by atoms with Crippen molar-refractivity contribution in [1.82, 2.24) is 14.7 Å². The summed E-state index contributed by atoms with van der Waals surface area (Å²) >= 11 is 0. The molecule has 28 heavy (non-hydrogen) atoms. The van der Waals surface area contributed by atoms with Gasteiger partial charge in [-0.05, 0) is 49.2 Å². The zero-order valence-electron chi connectivity index (χ0n) is 15.3. The molecule has 2 N–H and O–H groups in total. The molecule has 0 bridgehead atoms. The van der Waals surface area contributed by atoms with Gasteiger partial charge in [-0.2, -0.15) is 0 Å². The standard InChI is InChI=1S/C21H21FN4O2/c22-15-8-10-16(11-9-15)23-17-5-4-12-25(14-17)21(28)19-13-20(27)26(24-19)18-6-2-1-3-7-18/h1-3,6-11,13,17,23-24H,4-5,12,14H2. The van der Waals surface area contributed by atoms with Crippen LogP contribution in [0.15, 0.2) is 65.5 Å². The maximum Gasteiger partial charge on any atom is 0.272 e. The van der Waals surface area contributed by atoms with Crippen LogP contribution in [0.25, 0.3) is 5.69 Å². The maximum atomic E-state index is 13.1. The molecule has 0 aliphatic carbocycles. The molecule has 1 aliphatic rings. The predicted octanol–water partition coefficient (Wildman–Crippen LogP) is 3.02. The first-order valence-corrected chi connectivity index (χ1v) is 9.29. The molecular formula is C21H21FN4O2. The van der Waals surface area contributed by atoms with Crippen LogP contribution in [0.5, 0.6) is 0 Å². The Bertz CT molecular complexity index is 1010. The Morgan fingerprint density at radius 2 is 1.86 bits per heavy atom. The van der Waals surface area contributed by atoms with Crippen LogP contribution in [0.4, 0.5) is 10.1 Å². The van der Waals surface area contributed by atoms with E-state index in [1.807, 2.05) is 18.2 Å². The molecule has 7 heteroatoms. The Morgan fingerprint density at radius 3 is 2.61 bits per heavy atom. The summed E-state index contributed by atoms with van der Waals surface area (Å²) in [5.41, 5.74) is 1.51. The highest BCUT2D eigenvalue weighted by atomic mass is 19.1. The number of amides is 1. The van der Waals surface area contributed by atoms with E-state index < -0.39 is 0 Å². The molecule has 2 aromatic carbocycles. The quantitative estimate of drug-likeness (QED) is 0.731. The van der Waals surface area contributed by atoms with Crippen LogP contribution in [0.3, 0.4) is 0 Å². The number of aromatic amines is 1. The van der Waals surface area contributed by atoms with E-state index in [4.69, 9.17) is 0 Å². The van der Waals surface area contributed by atoms with Gasteiger partial charge in [-0.15, -0.1) is 0 Å². The first-order chi connectivity index (χ1) is 13.6. The molecule has 1 amide bonds. The van der Waals surface area contributed by atoms with E-state index in [-0.39, 0.29) is 29.0 Å². The molecule has 1 aromatic heterocycles. The van der Waals surface area contributed by atoms with Gasteiger partial charge in [0.1, 0.15) is 11.5 Å². The van der Waals surface area contributed by atoms with Crippen molar-refractivity contribution in [3.05, 3.63) is 82.5 Å². The molecule has 0 radical (unpaired) electrons. The van der Waals surface area contributed by atoms with Crippen LogP contribution < -0.4 is 10.9 Å². The predicted molar refractivity (Wildman–Crippen MR) is 105 cm³/mol. The second-order valence-electron chi connectivity index (χ2n) is 6.92. The number of hydrogen-bond acceptors (Lipinski definition) is 3. The fourth-order valence-electron chi connectivity index (χ4n) is 3.51. The average molecular weight is 380 g/mol. The van der Waals surface area contributed by atoms with Crippen molar-refractivity contribution in [3.8, 4) is 5.69 Å². The van der Waals surface area contributed by atoms with Gasteiger partial charge in [-0.25, -0.2) is 9.07 Å². The number of benzene rings is 2. The van der Waals surface area contributed by atoms with Gasteiger partial charge in [0, 0.05) is 30.9 Å². The second kappa shape index (κ2) is 7.72. The number of H-pyrrole nitrogens is 1. The lowest BCUT2D eigenvalue weighted by Gasteiger charge is -2.33. The van der Waals surface area contributed by atoms with Gasteiger partial charge < -0.3 is 10.2 Å². The SMILES string of the molecule is O=C(c1cc(=O)n(-c2ccccc2)[nH]1)N1CCCC(Nc2ccc(F)cc2)C1. The summed E-state index contributed by atoms with van der Waals surface area (Å²) in [6.07, 6.45) is 1.77. The molecule has 6 nitrogen and oxygen atoms in total. The Balaban J connectivity index is 1.47. The van der Waals surface area contributed by atoms with Crippen molar-refractivity contribution < 1.29 is 9.18 Å². The van der Waals surface area contributed by atoms with Crippen LogP contribution in [-0.2, 0) is 0 Å². The largest absolute Gasteiger partial charge is 0.381 e. The monoisotopic (exact) mass is 380 g/mol. The number of piperidine rings is 1. The first kappa shape index (κ1) is 18.0. The lowest BCUT2D eigenvalue weighted by molar-refractivity contribution is 0.0708. The van der Waals surface area contributed by atoms with Crippen LogP contribution in [0.1, 0.15) is 23.3 Å². The van der Waals surface area contributed by atoms with Gasteiger partial charge in [0.25, 0.3) is 11.5 Å². The van der Waals surface area contributed by atoms with Gasteiger partial charge in [-0.1, -0.05) is 18.2 Å². The third-order valence-corrected chi connectivity index (χ3v) is 4.89. The molecule has 1 unspecified atom stereocenters. The molecular weight excluding hydrogens is 359 g/mol. The number of para-hydroxylation sites is 1. The average Bonchev–Trinajstić information content (AvgIpc) is 3.12. The number of rotatable bonds is 4. The lowest BCUT2D eigenvalue weighted by Crippen LogP contribution is -2.45. The highest BCUT2D eigenvalue weighted by molar-refractivity contribution is 5.92. The minimum Gasteiger partial charge on any atom is -0.381 e. The van der Waals surface area contributed by atoms with E-state index in [0.717, 1.165) is 18.5 Å². The van der Waals surface area contributed by atoms with Gasteiger partial charge in [0.05, 0.1) is 5.69 Å². The molecule has 1 aliphatic heterocycles. The fraction of sp³-hybridized carbons (Fsp3) is 0.238. The minimum atomic E-state index is -0.280. The highest BCUT2D eigenvalue weighted by Gasteiger charge is 2.26. The summed E-state index contributed by atoms with van der Waals surface area (Å²) in [7, 11) is 0. The summed E-state index contributed by atoms with van der Waals surface area (Å²) in [5.74, 6) is -0.477. The zero-order valence-corrected chi connectivity index (χ0v) is 15.3. The normalized spacial score (nSPS) is 16.8. The summed E-state index contributed by atoms with van der Waals surface area (Å²) in [6, 6.07) is 16.7. The van der Waals surface area contributed by atoms with Gasteiger partial charge >= 0.3 is 0 Å². The molecule has 4 rings (SSSR count). The second-order valence-corrected chi connectivity index (χ2v) is 6.92. The van der Waals surface area contributed by atoms with Crippen molar-refractivity contribution in [2.75, 3.05) is 18.4 Å². The van der Waals surface area contributed by atoms with Crippen LogP contribution in [-0.4, -0.2) is 39.7 Å². The number of anilines is 1. The lowest BCUT2D eigenvalue weighted by atomic mass is 10.0. The van der Waals surface area contributed by atoms with Crippen LogP contribution >= 0.6 is 0 Å². The van der Waals surface area contributed by atoms with Crippen LogP contribution in [0.2, 0.25) is 0 Å². The molecule has 3 aromatic rings. The maximum absolute atomic E-state index is 13.1. The number of nitrogens with zero attached hydrogens (tertiary/aromatic N) is 2. The molecule has 0 spiro atoms. The molecule has 1 saturated heterocycles. The van der Waals surface area contributed by atoms with Crippen molar-refractivity contribution in [2.45, 2.75) is 18.9 Å². The van der Waals surface area contributed by atoms with Crippen LogP contribution in [0, 0.1) is 5.82 Å². The van der Waals surface area contributed by atoms with E-state index in [1.165, 1.54) is 22.9 Å². The van der Waals surface area contributed by atoms with E-state index in [2.05, 4.69) is 10.4 Å². The number of aromatic nitrogens is 2. The summed E-state index contributed by atoms with van der Waals surface area (Å²) in [6.45, 7) is 1.16. The Hall–Kier alpha value is -3.35. The summed E-state index contributed by atoms with van der Waals surface area (Å²) in [5, 5.41) is 6.27. The number of halogens is 1. The van der Waals surface area contributed by atoms with Gasteiger partial charge in [-0.3, -0.25) is 14.7 Å². The minimum absolute atomic E-state index is 0.0751. The van der Waals surface area contributed by atoms with Crippen molar-refractivity contribution >= 4 is 11.6 Å². The fourth-order valence-corrected chi connectivity index (χ4v) is 3.51. The number of carbonyl (C=O) groups is 1. The molecule has 1 fully saturated rings. The number of nitrogens with one attached hydrogen (secondary N) is 2. The Morgan fingerprint density at radius 1 is 1.11 bits per heavy atom. The third-order valence-electron chi connectivity index (χ3n) is 4.89. The Labute approximate surface area is 161 Å². The Kier molecular flexibility index (Phi) is 4.97. The first-order valence-electron chi connectivity index (χ1n) is 9.29. The molecule has 2 heterocycles. The van der Waals surface area contributed by atoms with Crippen molar-refractivity contribution in [2.24, 2.45) is 0 Å². The molecule has 144 valence electrons. The van der Waals surface area contributed by atoms with Crippen molar-refractivity contribution in [1.29, 1.82) is 0 Å². The smallest absolute Gasteiger partial charge is 0.272 e. The summed E-state index contributed by atoms with van der Waals surface area (Å²) < 4.78 is 14.4. The number of hydrogen-bond donors (Lipinski definition) is 2. The zero-order chi connectivity index (χ0) is 19.5. The van der Waals surface area contributed by atoms with Crippen molar-refractivity contribution in [3.63, 3.8) is 0 Å². The van der Waals surface area contributed by atoms with Gasteiger partial charge in [0.2, 0.25) is 0 Å². The van der Waals surface area contributed by atoms with E-state index >= 15 is 0 Å². The number of carbonyl (C=O) groups excluding carboxylic acids is 1. The third kappa shape index (κ3) is 3.83. The topological polar surface area (TPSA) is 70.1 Å². The van der Waals surface area contributed by atoms with E-state index in [1.54, 1.807) is 29.2 Å². The molecule has 1 atom stereocenters.